The van der Waals surface area contributed by atoms with E-state index in [2.05, 4.69) is 22.5 Å². The lowest BCUT2D eigenvalue weighted by atomic mass is 10.0. The van der Waals surface area contributed by atoms with Gasteiger partial charge in [0.15, 0.2) is 11.5 Å². The molecule has 0 atom stereocenters. The average molecular weight is 418 g/mol. The summed E-state index contributed by atoms with van der Waals surface area (Å²) in [4.78, 5) is 28.4. The van der Waals surface area contributed by atoms with Crippen molar-refractivity contribution in [2.75, 3.05) is 13.2 Å². The summed E-state index contributed by atoms with van der Waals surface area (Å²) < 4.78 is 6.95. The van der Waals surface area contributed by atoms with Gasteiger partial charge in [-0.1, -0.05) is 18.2 Å². The van der Waals surface area contributed by atoms with Crippen LogP contribution in [0.25, 0.3) is 21.2 Å². The Morgan fingerprint density at radius 2 is 2.03 bits per heavy atom. The second-order valence-corrected chi connectivity index (χ2v) is 8.06. The lowest BCUT2D eigenvalue weighted by Gasteiger charge is -2.20. The number of benzene rings is 2. The normalized spacial score (nSPS) is 13.5. The zero-order valence-electron chi connectivity index (χ0n) is 15.9. The zero-order chi connectivity index (χ0) is 20.7. The number of carbonyl (C=O) groups is 1. The quantitative estimate of drug-likeness (QED) is 0.516. The fourth-order valence-corrected chi connectivity index (χ4v) is 4.73. The van der Waals surface area contributed by atoms with Gasteiger partial charge in [0.25, 0.3) is 5.91 Å². The van der Waals surface area contributed by atoms with Crippen LogP contribution >= 0.6 is 11.3 Å². The Morgan fingerprint density at radius 3 is 2.87 bits per heavy atom. The summed E-state index contributed by atoms with van der Waals surface area (Å²) in [5.41, 5.74) is 2.81. The smallest absolute Gasteiger partial charge is 0.255 e. The molecule has 4 aromatic rings. The third-order valence-electron chi connectivity index (χ3n) is 5.23. The van der Waals surface area contributed by atoms with Gasteiger partial charge >= 0.3 is 0 Å². The minimum atomic E-state index is -0.256. The number of amides is 1. The monoisotopic (exact) mass is 418 g/mol. The van der Waals surface area contributed by atoms with Crippen LogP contribution in [0.3, 0.4) is 0 Å². The van der Waals surface area contributed by atoms with E-state index in [-0.39, 0.29) is 23.8 Å². The van der Waals surface area contributed by atoms with E-state index in [4.69, 9.17) is 4.74 Å². The van der Waals surface area contributed by atoms with E-state index in [0.717, 1.165) is 22.1 Å². The van der Waals surface area contributed by atoms with E-state index in [0.29, 0.717) is 24.4 Å². The van der Waals surface area contributed by atoms with Gasteiger partial charge in [-0.25, -0.2) is 0 Å². The van der Waals surface area contributed by atoms with Crippen molar-refractivity contribution in [3.05, 3.63) is 81.6 Å². The lowest BCUT2D eigenvalue weighted by molar-refractivity contribution is 0.0732. The maximum absolute atomic E-state index is 12.9. The van der Waals surface area contributed by atoms with E-state index < -0.39 is 0 Å². The number of ether oxygens (including phenoxy) is 1. The highest BCUT2D eigenvalue weighted by molar-refractivity contribution is 7.17. The zero-order valence-corrected chi connectivity index (χ0v) is 16.7. The fraction of sp³-hybridized carbons (Fsp3) is 0.130. The van der Waals surface area contributed by atoms with Crippen molar-refractivity contribution in [1.82, 2.24) is 9.88 Å². The van der Waals surface area contributed by atoms with Crippen molar-refractivity contribution >= 4 is 27.3 Å². The number of phenolic OH excluding ortho intramolecular Hbond substituents is 1. The molecule has 2 aromatic heterocycles. The van der Waals surface area contributed by atoms with E-state index in [1.165, 1.54) is 23.0 Å². The number of aromatic hydroxyl groups is 1. The third kappa shape index (κ3) is 3.23. The van der Waals surface area contributed by atoms with E-state index in [1.807, 2.05) is 18.2 Å². The molecule has 3 heterocycles. The number of aromatic amines is 1. The molecular weight excluding hydrogens is 400 g/mol. The van der Waals surface area contributed by atoms with E-state index in [1.54, 1.807) is 22.3 Å². The Bertz CT molecular complexity index is 1300. The van der Waals surface area contributed by atoms with Crippen molar-refractivity contribution in [1.29, 1.82) is 0 Å². The summed E-state index contributed by atoms with van der Waals surface area (Å²) >= 11 is 1.65. The molecule has 2 aromatic carbocycles. The van der Waals surface area contributed by atoms with Gasteiger partial charge in [-0.2, -0.15) is 0 Å². The number of phenols is 1. The van der Waals surface area contributed by atoms with Crippen molar-refractivity contribution < 1.29 is 14.6 Å². The number of aromatic nitrogens is 1. The van der Waals surface area contributed by atoms with Crippen molar-refractivity contribution in [2.45, 2.75) is 6.54 Å². The number of nitrogens with zero attached hydrogens (tertiary/aromatic N) is 1. The van der Waals surface area contributed by atoms with Gasteiger partial charge < -0.3 is 19.7 Å². The molecule has 2 N–H and O–H groups in total. The van der Waals surface area contributed by atoms with Gasteiger partial charge in [-0.3, -0.25) is 9.59 Å². The van der Waals surface area contributed by atoms with Gasteiger partial charge in [-0.05, 0) is 35.2 Å². The summed E-state index contributed by atoms with van der Waals surface area (Å²) in [6.07, 6.45) is 1.42. The average Bonchev–Trinajstić information content (AvgIpc) is 3.06. The van der Waals surface area contributed by atoms with Gasteiger partial charge in [0.1, 0.15) is 6.61 Å². The number of fused-ring (bicyclic) bond motifs is 2. The number of H-pyrrole nitrogens is 1. The largest absolute Gasteiger partial charge is 0.504 e. The first-order valence-corrected chi connectivity index (χ1v) is 10.4. The molecule has 0 saturated carbocycles. The van der Waals surface area contributed by atoms with Crippen LogP contribution in [0.2, 0.25) is 0 Å². The van der Waals surface area contributed by atoms with Gasteiger partial charge in [0, 0.05) is 40.0 Å². The maximum Gasteiger partial charge on any atom is 0.255 e. The molecule has 1 amide bonds. The van der Waals surface area contributed by atoms with Crippen LogP contribution < -0.4 is 10.3 Å². The Morgan fingerprint density at radius 1 is 1.17 bits per heavy atom. The molecule has 0 bridgehead atoms. The summed E-state index contributed by atoms with van der Waals surface area (Å²) in [7, 11) is 0. The van der Waals surface area contributed by atoms with Crippen LogP contribution in [-0.4, -0.2) is 34.0 Å². The van der Waals surface area contributed by atoms with Crippen LogP contribution in [0, 0.1) is 0 Å². The molecule has 0 radical (unpaired) electrons. The number of nitrogens with one attached hydrogen (secondary N) is 1. The predicted octanol–water partition coefficient (Wildman–Crippen LogP) is 4.00. The first kappa shape index (κ1) is 18.4. The number of hydrogen-bond donors (Lipinski definition) is 2. The number of pyridine rings is 1. The van der Waals surface area contributed by atoms with E-state index >= 15 is 0 Å². The number of rotatable bonds is 2. The minimum Gasteiger partial charge on any atom is -0.504 e. The Hall–Kier alpha value is -3.58. The van der Waals surface area contributed by atoms with Gasteiger partial charge in [0.05, 0.1) is 12.1 Å². The van der Waals surface area contributed by atoms with Crippen LogP contribution in [0.4, 0.5) is 0 Å². The maximum atomic E-state index is 12.9. The molecule has 0 fully saturated rings. The molecule has 150 valence electrons. The van der Waals surface area contributed by atoms with Crippen LogP contribution in [0.5, 0.6) is 11.5 Å². The molecule has 1 aliphatic heterocycles. The molecule has 0 unspecified atom stereocenters. The van der Waals surface area contributed by atoms with Crippen LogP contribution in [0.1, 0.15) is 15.9 Å². The van der Waals surface area contributed by atoms with Crippen LogP contribution in [-0.2, 0) is 6.54 Å². The SMILES string of the molecule is O=C(c1ccc(=O)[nH]c1)N1CCOc2c(O)cc(-c3csc4ccccc34)cc2C1. The summed E-state index contributed by atoms with van der Waals surface area (Å²) in [5.74, 6) is 0.278. The second-order valence-electron chi connectivity index (χ2n) is 7.15. The molecule has 30 heavy (non-hydrogen) atoms. The summed E-state index contributed by atoms with van der Waals surface area (Å²) in [6, 6.07) is 14.7. The first-order valence-electron chi connectivity index (χ1n) is 9.53. The Labute approximate surface area is 176 Å². The summed E-state index contributed by atoms with van der Waals surface area (Å²) in [6.45, 7) is 0.954. The number of thiophene rings is 1. The number of hydrogen-bond acceptors (Lipinski definition) is 5. The molecule has 0 saturated heterocycles. The highest BCUT2D eigenvalue weighted by Gasteiger charge is 2.24. The molecule has 5 rings (SSSR count). The third-order valence-corrected chi connectivity index (χ3v) is 6.19. The topological polar surface area (TPSA) is 82.6 Å². The standard InChI is InChI=1S/C23H18N2O4S/c26-19-10-15(18-13-30-20-4-2-1-3-17(18)20)9-16-12-25(7-8-29-22(16)19)23(28)14-5-6-21(27)24-11-14/h1-6,9-11,13,26H,7-8,12H2,(H,24,27). The molecule has 0 spiro atoms. The lowest BCUT2D eigenvalue weighted by Crippen LogP contribution is -2.32. The van der Waals surface area contributed by atoms with Crippen molar-refractivity contribution in [2.24, 2.45) is 0 Å². The fourth-order valence-electron chi connectivity index (χ4n) is 3.76. The molecule has 0 aliphatic carbocycles. The highest BCUT2D eigenvalue weighted by Crippen LogP contribution is 2.41. The second kappa shape index (κ2) is 7.35. The molecule has 7 heteroatoms. The first-order chi connectivity index (χ1) is 14.6. The van der Waals surface area contributed by atoms with Crippen molar-refractivity contribution in [3.63, 3.8) is 0 Å². The number of carbonyl (C=O) groups excluding carboxylic acids is 1. The molecule has 1 aliphatic rings. The van der Waals surface area contributed by atoms with Gasteiger partial charge in [-0.15, -0.1) is 11.3 Å². The van der Waals surface area contributed by atoms with Crippen molar-refractivity contribution in [3.8, 4) is 22.6 Å². The minimum absolute atomic E-state index is 0.0659. The predicted molar refractivity (Wildman–Crippen MR) is 116 cm³/mol. The molecule has 6 nitrogen and oxygen atoms in total. The van der Waals surface area contributed by atoms with Crippen LogP contribution in [0.15, 0.2) is 64.9 Å². The van der Waals surface area contributed by atoms with Gasteiger partial charge in [0.2, 0.25) is 5.56 Å². The Kier molecular flexibility index (Phi) is 4.52. The Balaban J connectivity index is 1.53. The summed E-state index contributed by atoms with van der Waals surface area (Å²) in [5, 5.41) is 13.8. The van der Waals surface area contributed by atoms with E-state index in [9.17, 15) is 14.7 Å². The highest BCUT2D eigenvalue weighted by atomic mass is 32.1. The molecular formula is C23H18N2O4S.